The van der Waals surface area contributed by atoms with Crippen LogP contribution in [0.2, 0.25) is 5.02 Å². The lowest BCUT2D eigenvalue weighted by atomic mass is 9.85. The lowest BCUT2D eigenvalue weighted by Gasteiger charge is -2.20. The summed E-state index contributed by atoms with van der Waals surface area (Å²) >= 11 is 5.64. The maximum Gasteiger partial charge on any atom is 0.417 e. The molecule has 0 N–H and O–H groups in total. The molecule has 7 heteroatoms. The summed E-state index contributed by atoms with van der Waals surface area (Å²) in [6.45, 7) is 3.90. The number of hydrogen-bond donors (Lipinski definition) is 0. The number of amides is 2. The Hall–Kier alpha value is -2.08. The highest BCUT2D eigenvalue weighted by molar-refractivity contribution is 6.31. The molecule has 136 valence electrons. The molecule has 3 nitrogen and oxygen atoms in total. The van der Waals surface area contributed by atoms with E-state index in [1.54, 1.807) is 0 Å². The first kappa shape index (κ1) is 17.3. The molecule has 2 bridgehead atoms. The molecule has 4 rings (SSSR count). The number of imide groups is 1. The summed E-state index contributed by atoms with van der Waals surface area (Å²) in [6, 6.07) is 3.13. The molecular weight excluding hydrogens is 367 g/mol. The fourth-order valence-electron chi connectivity index (χ4n) is 4.55. The van der Waals surface area contributed by atoms with Gasteiger partial charge in [0.25, 0.3) is 0 Å². The molecule has 1 saturated heterocycles. The van der Waals surface area contributed by atoms with Gasteiger partial charge < -0.3 is 0 Å². The minimum absolute atomic E-state index is 0.0794. The number of benzene rings is 1. The third-order valence-electron chi connectivity index (χ3n) is 5.51. The lowest BCUT2D eigenvalue weighted by molar-refractivity contribution is -0.137. The van der Waals surface area contributed by atoms with Crippen LogP contribution in [-0.4, -0.2) is 11.8 Å². The van der Waals surface area contributed by atoms with Crippen LogP contribution in [-0.2, 0) is 15.8 Å². The van der Waals surface area contributed by atoms with Crippen molar-refractivity contribution in [3.63, 3.8) is 0 Å². The van der Waals surface area contributed by atoms with Crippen LogP contribution >= 0.6 is 11.6 Å². The van der Waals surface area contributed by atoms with Crippen molar-refractivity contribution in [2.75, 3.05) is 4.90 Å². The number of nitrogens with zero attached hydrogens (tertiary/aromatic N) is 1. The molecule has 1 saturated carbocycles. The quantitative estimate of drug-likeness (QED) is 0.526. The topological polar surface area (TPSA) is 37.4 Å². The summed E-state index contributed by atoms with van der Waals surface area (Å²) < 4.78 is 39.4. The van der Waals surface area contributed by atoms with E-state index in [0.717, 1.165) is 28.2 Å². The second-order valence-corrected chi connectivity index (χ2v) is 7.52. The summed E-state index contributed by atoms with van der Waals surface area (Å²) in [5, 5.41) is -0.464. The SMILES string of the molecule is CC(C)=C1C2C=CC1C1C(=O)N(c3ccc(Cl)c(C(F)(F)F)c3)C(=O)C21. The number of halogens is 4. The van der Waals surface area contributed by atoms with Crippen LogP contribution in [0.5, 0.6) is 0 Å². The third kappa shape index (κ3) is 2.21. The summed E-state index contributed by atoms with van der Waals surface area (Å²) in [5.74, 6) is -2.24. The van der Waals surface area contributed by atoms with Crippen LogP contribution in [0.25, 0.3) is 0 Å². The van der Waals surface area contributed by atoms with Crippen molar-refractivity contribution in [1.29, 1.82) is 0 Å². The Morgan fingerprint density at radius 2 is 1.58 bits per heavy atom. The molecule has 3 aliphatic rings. The fourth-order valence-corrected chi connectivity index (χ4v) is 4.78. The number of carbonyl (C=O) groups excluding carboxylic acids is 2. The molecule has 4 unspecified atom stereocenters. The average molecular weight is 382 g/mol. The number of alkyl halides is 3. The average Bonchev–Trinajstić information content (AvgIpc) is 3.17. The Labute approximate surface area is 153 Å². The van der Waals surface area contributed by atoms with Crippen LogP contribution in [0.4, 0.5) is 18.9 Å². The van der Waals surface area contributed by atoms with E-state index < -0.39 is 40.4 Å². The number of fused-ring (bicyclic) bond motifs is 5. The highest BCUT2D eigenvalue weighted by Gasteiger charge is 2.62. The Morgan fingerprint density at radius 3 is 2.04 bits per heavy atom. The van der Waals surface area contributed by atoms with E-state index in [0.29, 0.717) is 0 Å². The zero-order valence-electron chi connectivity index (χ0n) is 14.0. The van der Waals surface area contributed by atoms with Crippen LogP contribution in [0.15, 0.2) is 41.5 Å². The lowest BCUT2D eigenvalue weighted by Crippen LogP contribution is -2.33. The van der Waals surface area contributed by atoms with E-state index in [4.69, 9.17) is 11.6 Å². The molecule has 1 aromatic rings. The van der Waals surface area contributed by atoms with E-state index in [1.807, 2.05) is 26.0 Å². The number of hydrogen-bond acceptors (Lipinski definition) is 2. The second-order valence-electron chi connectivity index (χ2n) is 7.12. The summed E-state index contributed by atoms with van der Waals surface area (Å²) in [6.07, 6.45) is -0.789. The Morgan fingerprint density at radius 1 is 1.04 bits per heavy atom. The Bertz CT molecular complexity index is 865. The first-order valence-corrected chi connectivity index (χ1v) is 8.61. The molecule has 1 heterocycles. The van der Waals surface area contributed by atoms with E-state index in [-0.39, 0.29) is 17.5 Å². The van der Waals surface area contributed by atoms with Gasteiger partial charge in [0.1, 0.15) is 0 Å². The largest absolute Gasteiger partial charge is 0.417 e. The van der Waals surface area contributed by atoms with Crippen molar-refractivity contribution >= 4 is 29.1 Å². The van der Waals surface area contributed by atoms with Gasteiger partial charge in [0.05, 0.1) is 28.1 Å². The van der Waals surface area contributed by atoms with Gasteiger partial charge in [-0.25, -0.2) is 4.90 Å². The Balaban J connectivity index is 1.76. The molecule has 1 aromatic carbocycles. The van der Waals surface area contributed by atoms with Crippen molar-refractivity contribution in [2.24, 2.45) is 23.7 Å². The van der Waals surface area contributed by atoms with Gasteiger partial charge in [0.2, 0.25) is 11.8 Å². The predicted molar refractivity (Wildman–Crippen MR) is 90.4 cm³/mol. The van der Waals surface area contributed by atoms with Gasteiger partial charge in [-0.2, -0.15) is 13.2 Å². The number of anilines is 1. The van der Waals surface area contributed by atoms with Gasteiger partial charge >= 0.3 is 6.18 Å². The van der Waals surface area contributed by atoms with Gasteiger partial charge in [0.15, 0.2) is 0 Å². The minimum Gasteiger partial charge on any atom is -0.274 e. The van der Waals surface area contributed by atoms with Crippen molar-refractivity contribution in [3.8, 4) is 0 Å². The predicted octanol–water partition coefficient (Wildman–Crippen LogP) is 4.62. The fraction of sp³-hybridized carbons (Fsp3) is 0.368. The zero-order valence-corrected chi connectivity index (χ0v) is 14.7. The number of allylic oxidation sites excluding steroid dienone is 4. The maximum atomic E-state index is 13.1. The van der Waals surface area contributed by atoms with E-state index in [9.17, 15) is 22.8 Å². The van der Waals surface area contributed by atoms with Crippen LogP contribution in [0.1, 0.15) is 19.4 Å². The second kappa shape index (κ2) is 5.46. The van der Waals surface area contributed by atoms with Crippen LogP contribution < -0.4 is 4.90 Å². The monoisotopic (exact) mass is 381 g/mol. The molecule has 4 atom stereocenters. The summed E-state index contributed by atoms with van der Waals surface area (Å²) in [5.41, 5.74) is 1.04. The zero-order chi connectivity index (χ0) is 19.0. The molecule has 2 fully saturated rings. The van der Waals surface area contributed by atoms with E-state index in [1.165, 1.54) is 6.07 Å². The molecule has 0 aromatic heterocycles. The van der Waals surface area contributed by atoms with Gasteiger partial charge in [-0.05, 0) is 32.0 Å². The van der Waals surface area contributed by atoms with Gasteiger partial charge in [-0.3, -0.25) is 9.59 Å². The maximum absolute atomic E-state index is 13.1. The van der Waals surface area contributed by atoms with E-state index >= 15 is 0 Å². The first-order valence-electron chi connectivity index (χ1n) is 8.23. The standard InChI is InChI=1S/C19H15ClF3NO2/c1-8(2)14-10-4-5-11(14)16-15(10)17(25)24(18(16)26)9-3-6-13(20)12(7-9)19(21,22)23/h3-7,10-11,15-16H,1-2H3. The first-order chi connectivity index (χ1) is 12.1. The minimum atomic E-state index is -4.66. The highest BCUT2D eigenvalue weighted by atomic mass is 35.5. The van der Waals surface area contributed by atoms with Crippen molar-refractivity contribution in [2.45, 2.75) is 20.0 Å². The molecule has 26 heavy (non-hydrogen) atoms. The Kier molecular flexibility index (Phi) is 3.64. The van der Waals surface area contributed by atoms with Gasteiger partial charge in [-0.1, -0.05) is 34.9 Å². The number of carbonyl (C=O) groups is 2. The third-order valence-corrected chi connectivity index (χ3v) is 5.84. The van der Waals surface area contributed by atoms with Crippen molar-refractivity contribution in [1.82, 2.24) is 0 Å². The van der Waals surface area contributed by atoms with Crippen molar-refractivity contribution in [3.05, 3.63) is 52.1 Å². The van der Waals surface area contributed by atoms with E-state index in [2.05, 4.69) is 0 Å². The number of rotatable bonds is 1. The summed E-state index contributed by atoms with van der Waals surface area (Å²) in [7, 11) is 0. The molecule has 1 aliphatic heterocycles. The molecule has 2 amide bonds. The molecule has 0 radical (unpaired) electrons. The van der Waals surface area contributed by atoms with Gasteiger partial charge in [-0.15, -0.1) is 0 Å². The molecule has 0 spiro atoms. The molecular formula is C19H15ClF3NO2. The van der Waals surface area contributed by atoms with Crippen LogP contribution in [0, 0.1) is 23.7 Å². The highest BCUT2D eigenvalue weighted by Crippen LogP contribution is 2.57. The van der Waals surface area contributed by atoms with Crippen LogP contribution in [0.3, 0.4) is 0 Å². The van der Waals surface area contributed by atoms with Crippen molar-refractivity contribution < 1.29 is 22.8 Å². The normalized spacial score (nSPS) is 29.8. The smallest absolute Gasteiger partial charge is 0.274 e. The molecule has 2 aliphatic carbocycles. The summed E-state index contributed by atoms with van der Waals surface area (Å²) in [4.78, 5) is 26.8. The van der Waals surface area contributed by atoms with Gasteiger partial charge in [0, 0.05) is 11.8 Å².